The molecule has 1 N–H and O–H groups in total. The number of amides is 1. The largest absolute Gasteiger partial charge is 0.351 e. The predicted octanol–water partition coefficient (Wildman–Crippen LogP) is 3.35. The summed E-state index contributed by atoms with van der Waals surface area (Å²) in [5, 5.41) is 5.94. The van der Waals surface area contributed by atoms with E-state index < -0.39 is 0 Å². The lowest BCUT2D eigenvalue weighted by atomic mass is 10.2. The highest BCUT2D eigenvalue weighted by Crippen LogP contribution is 2.14. The number of alkyl halides is 1. The zero-order valence-electron chi connectivity index (χ0n) is 8.88. The lowest BCUT2D eigenvalue weighted by molar-refractivity contribution is 0.0956. The van der Waals surface area contributed by atoms with Gasteiger partial charge in [-0.2, -0.15) is 0 Å². The molecule has 84 valence electrons. The fraction of sp³-hybridized carbons (Fsp3) is 0.545. The molecule has 1 rings (SSSR count). The topological polar surface area (TPSA) is 29.1 Å². The van der Waals surface area contributed by atoms with E-state index in [0.717, 1.165) is 35.2 Å². The molecule has 1 amide bonds. The molecule has 0 fully saturated rings. The predicted molar refractivity (Wildman–Crippen MR) is 69.0 cm³/mol. The van der Waals surface area contributed by atoms with Crippen LogP contribution in [0.4, 0.5) is 0 Å². The van der Waals surface area contributed by atoms with Gasteiger partial charge in [-0.05, 0) is 36.8 Å². The van der Waals surface area contributed by atoms with Crippen molar-refractivity contribution in [2.75, 3.05) is 11.9 Å². The second kappa shape index (κ2) is 7.01. The quantitative estimate of drug-likeness (QED) is 0.632. The number of aryl methyl sites for hydroxylation is 1. The van der Waals surface area contributed by atoms with E-state index >= 15 is 0 Å². The molecular formula is C11H16BrNOS. The van der Waals surface area contributed by atoms with Crippen molar-refractivity contribution in [2.24, 2.45) is 0 Å². The van der Waals surface area contributed by atoms with Crippen molar-refractivity contribution in [1.29, 1.82) is 0 Å². The van der Waals surface area contributed by atoms with Crippen molar-refractivity contribution in [1.82, 2.24) is 5.32 Å². The van der Waals surface area contributed by atoms with Crippen LogP contribution in [0.3, 0.4) is 0 Å². The Morgan fingerprint density at radius 1 is 1.47 bits per heavy atom. The van der Waals surface area contributed by atoms with Gasteiger partial charge in [0.1, 0.15) is 0 Å². The van der Waals surface area contributed by atoms with Gasteiger partial charge in [0.05, 0.1) is 4.88 Å². The van der Waals surface area contributed by atoms with Crippen molar-refractivity contribution < 1.29 is 4.79 Å². The molecule has 15 heavy (non-hydrogen) atoms. The van der Waals surface area contributed by atoms with Crippen molar-refractivity contribution in [3.8, 4) is 0 Å². The number of thiophene rings is 1. The summed E-state index contributed by atoms with van der Waals surface area (Å²) >= 11 is 4.89. The smallest absolute Gasteiger partial charge is 0.261 e. The van der Waals surface area contributed by atoms with Crippen LogP contribution in [0.25, 0.3) is 0 Å². The maximum absolute atomic E-state index is 11.6. The van der Waals surface area contributed by atoms with Gasteiger partial charge in [-0.1, -0.05) is 22.4 Å². The van der Waals surface area contributed by atoms with Crippen LogP contribution >= 0.6 is 27.3 Å². The van der Waals surface area contributed by atoms with Gasteiger partial charge < -0.3 is 5.32 Å². The summed E-state index contributed by atoms with van der Waals surface area (Å²) < 4.78 is 0. The van der Waals surface area contributed by atoms with Crippen LogP contribution in [0.1, 0.15) is 34.5 Å². The molecule has 0 aliphatic rings. The van der Waals surface area contributed by atoms with E-state index in [4.69, 9.17) is 0 Å². The Morgan fingerprint density at radius 3 is 2.87 bits per heavy atom. The minimum Gasteiger partial charge on any atom is -0.351 e. The molecule has 0 saturated carbocycles. The fourth-order valence-electron chi connectivity index (χ4n) is 1.28. The number of unbranched alkanes of at least 4 members (excludes halogenated alkanes) is 2. The van der Waals surface area contributed by atoms with Crippen LogP contribution < -0.4 is 5.32 Å². The van der Waals surface area contributed by atoms with E-state index in [9.17, 15) is 4.79 Å². The molecule has 1 aromatic rings. The summed E-state index contributed by atoms with van der Waals surface area (Å²) in [5.41, 5.74) is 1.07. The molecule has 0 aliphatic heterocycles. The number of hydrogen-bond donors (Lipinski definition) is 1. The summed E-state index contributed by atoms with van der Waals surface area (Å²) in [6.07, 6.45) is 3.39. The Morgan fingerprint density at radius 2 is 2.27 bits per heavy atom. The molecule has 0 aliphatic carbocycles. The van der Waals surface area contributed by atoms with E-state index in [1.54, 1.807) is 0 Å². The third kappa shape index (κ3) is 4.34. The summed E-state index contributed by atoms with van der Waals surface area (Å²) in [6.45, 7) is 2.75. The molecule has 1 heterocycles. The van der Waals surface area contributed by atoms with E-state index in [2.05, 4.69) is 21.2 Å². The van der Waals surface area contributed by atoms with Crippen molar-refractivity contribution in [2.45, 2.75) is 26.2 Å². The van der Waals surface area contributed by atoms with Crippen LogP contribution in [-0.4, -0.2) is 17.8 Å². The second-order valence-electron chi connectivity index (χ2n) is 3.44. The summed E-state index contributed by atoms with van der Waals surface area (Å²) in [7, 11) is 0. The first-order chi connectivity index (χ1) is 7.25. The van der Waals surface area contributed by atoms with E-state index in [1.165, 1.54) is 17.8 Å². The molecule has 0 bridgehead atoms. The Hall–Kier alpha value is -0.350. The number of rotatable bonds is 6. The standard InChI is InChI=1S/C11H16BrNOS/c1-9-5-8-15-10(9)11(14)13-7-4-2-3-6-12/h5,8H,2-4,6-7H2,1H3,(H,13,14). The van der Waals surface area contributed by atoms with Gasteiger partial charge in [0.15, 0.2) is 0 Å². The van der Waals surface area contributed by atoms with Gasteiger partial charge in [0.25, 0.3) is 5.91 Å². The fourth-order valence-corrected chi connectivity index (χ4v) is 2.52. The van der Waals surface area contributed by atoms with Crippen molar-refractivity contribution in [3.63, 3.8) is 0 Å². The number of nitrogens with one attached hydrogen (secondary N) is 1. The first-order valence-electron chi connectivity index (χ1n) is 5.14. The molecule has 1 aromatic heterocycles. The van der Waals surface area contributed by atoms with Gasteiger partial charge in [-0.3, -0.25) is 4.79 Å². The minimum absolute atomic E-state index is 0.0707. The maximum atomic E-state index is 11.6. The Bertz CT molecular complexity index is 311. The van der Waals surface area contributed by atoms with Gasteiger partial charge in [-0.15, -0.1) is 11.3 Å². The Kier molecular flexibility index (Phi) is 5.95. The molecule has 4 heteroatoms. The number of carbonyl (C=O) groups is 1. The van der Waals surface area contributed by atoms with Crippen molar-refractivity contribution >= 4 is 33.2 Å². The molecule has 0 spiro atoms. The molecule has 0 saturated heterocycles. The van der Waals surface area contributed by atoms with Crippen LogP contribution in [0.15, 0.2) is 11.4 Å². The van der Waals surface area contributed by atoms with Gasteiger partial charge in [0, 0.05) is 11.9 Å². The number of hydrogen-bond acceptors (Lipinski definition) is 2. The van der Waals surface area contributed by atoms with Gasteiger partial charge in [0.2, 0.25) is 0 Å². The Balaban J connectivity index is 2.22. The minimum atomic E-state index is 0.0707. The van der Waals surface area contributed by atoms with Crippen molar-refractivity contribution in [3.05, 3.63) is 21.9 Å². The average molecular weight is 290 g/mol. The van der Waals surface area contributed by atoms with E-state index in [0.29, 0.717) is 0 Å². The van der Waals surface area contributed by atoms with E-state index in [1.807, 2.05) is 18.4 Å². The number of carbonyl (C=O) groups excluding carboxylic acids is 1. The van der Waals surface area contributed by atoms with Gasteiger partial charge >= 0.3 is 0 Å². The third-order valence-electron chi connectivity index (χ3n) is 2.16. The van der Waals surface area contributed by atoms with Crippen LogP contribution in [-0.2, 0) is 0 Å². The summed E-state index contributed by atoms with van der Waals surface area (Å²) in [4.78, 5) is 12.5. The third-order valence-corrected chi connectivity index (χ3v) is 3.74. The zero-order chi connectivity index (χ0) is 11.1. The molecule has 0 unspecified atom stereocenters. The van der Waals surface area contributed by atoms with Crippen LogP contribution in [0, 0.1) is 6.92 Å². The lowest BCUT2D eigenvalue weighted by Crippen LogP contribution is -2.24. The monoisotopic (exact) mass is 289 g/mol. The zero-order valence-corrected chi connectivity index (χ0v) is 11.3. The highest BCUT2D eigenvalue weighted by molar-refractivity contribution is 9.09. The summed E-state index contributed by atoms with van der Waals surface area (Å²) in [6, 6.07) is 1.98. The normalized spacial score (nSPS) is 10.3. The molecule has 0 radical (unpaired) electrons. The molecular weight excluding hydrogens is 274 g/mol. The van der Waals surface area contributed by atoms with Crippen LogP contribution in [0.5, 0.6) is 0 Å². The highest BCUT2D eigenvalue weighted by atomic mass is 79.9. The van der Waals surface area contributed by atoms with Crippen LogP contribution in [0.2, 0.25) is 0 Å². The first-order valence-corrected chi connectivity index (χ1v) is 7.14. The number of halogens is 1. The second-order valence-corrected chi connectivity index (χ2v) is 5.15. The first kappa shape index (κ1) is 12.7. The molecule has 2 nitrogen and oxygen atoms in total. The summed E-state index contributed by atoms with van der Waals surface area (Å²) in [5.74, 6) is 0.0707. The highest BCUT2D eigenvalue weighted by Gasteiger charge is 2.08. The lowest BCUT2D eigenvalue weighted by Gasteiger charge is -2.03. The SMILES string of the molecule is Cc1ccsc1C(=O)NCCCCCBr. The van der Waals surface area contributed by atoms with Gasteiger partial charge in [-0.25, -0.2) is 0 Å². The average Bonchev–Trinajstić information content (AvgIpc) is 2.64. The molecule has 0 atom stereocenters. The Labute approximate surface area is 103 Å². The maximum Gasteiger partial charge on any atom is 0.261 e. The van der Waals surface area contributed by atoms with E-state index in [-0.39, 0.29) is 5.91 Å². The molecule has 0 aromatic carbocycles.